The molecule has 10 nitrogen and oxygen atoms in total. The molecule has 1 amide bonds. The molecule has 1 atom stereocenters. The van der Waals surface area contributed by atoms with Crippen LogP contribution in [0.2, 0.25) is 0 Å². The van der Waals surface area contributed by atoms with Gasteiger partial charge in [-0.05, 0) is 30.7 Å². The fraction of sp³-hybridized carbons (Fsp3) is 0.0833. The Labute approximate surface area is 194 Å². The van der Waals surface area contributed by atoms with Gasteiger partial charge in [0, 0.05) is 41.5 Å². The quantitative estimate of drug-likeness (QED) is 0.343. The Morgan fingerprint density at radius 2 is 1.94 bits per heavy atom. The summed E-state index contributed by atoms with van der Waals surface area (Å²) in [5, 5.41) is 21.9. The summed E-state index contributed by atoms with van der Waals surface area (Å²) in [6.45, 7) is 1.80. The fourth-order valence-electron chi connectivity index (χ4n) is 3.89. The lowest BCUT2D eigenvalue weighted by Gasteiger charge is -2.28. The van der Waals surface area contributed by atoms with Crippen LogP contribution < -0.4 is 10.6 Å². The van der Waals surface area contributed by atoms with Gasteiger partial charge in [0.25, 0.3) is 11.6 Å². The van der Waals surface area contributed by atoms with Crippen LogP contribution in [0.4, 0.5) is 17.3 Å². The molecule has 0 saturated carbocycles. The molecule has 0 saturated heterocycles. The minimum atomic E-state index is -0.603. The van der Waals surface area contributed by atoms with E-state index in [-0.39, 0.29) is 11.6 Å². The molecule has 0 aliphatic carbocycles. The molecule has 168 valence electrons. The first kappa shape index (κ1) is 21.0. The molecule has 1 aliphatic heterocycles. The molecular weight excluding hydrogens is 434 g/mol. The van der Waals surface area contributed by atoms with Crippen LogP contribution in [-0.4, -0.2) is 30.6 Å². The monoisotopic (exact) mass is 453 g/mol. The minimum Gasteiger partial charge on any atom is -0.328 e. The van der Waals surface area contributed by atoms with Crippen molar-refractivity contribution in [2.24, 2.45) is 0 Å². The van der Waals surface area contributed by atoms with Crippen LogP contribution in [0.15, 0.2) is 90.4 Å². The van der Waals surface area contributed by atoms with Crippen LogP contribution in [0, 0.1) is 10.1 Å². The molecular formula is C24H19N7O3. The van der Waals surface area contributed by atoms with Crippen molar-refractivity contribution in [1.82, 2.24) is 19.7 Å². The first-order valence-corrected chi connectivity index (χ1v) is 10.5. The molecule has 10 heteroatoms. The summed E-state index contributed by atoms with van der Waals surface area (Å²) >= 11 is 0. The SMILES string of the molecule is CC1=C(C(=O)Nc2ccccc2)C(c2cccnc2)n2nc(-c3cccc([N+](=O)[O-])c3)nc2N1. The zero-order valence-corrected chi connectivity index (χ0v) is 18.0. The number of hydrogen-bond donors (Lipinski definition) is 2. The number of anilines is 2. The number of aromatic nitrogens is 4. The predicted molar refractivity (Wildman–Crippen MR) is 126 cm³/mol. The third-order valence-electron chi connectivity index (χ3n) is 5.44. The van der Waals surface area contributed by atoms with Gasteiger partial charge in [-0.25, -0.2) is 4.68 Å². The van der Waals surface area contributed by atoms with Gasteiger partial charge < -0.3 is 10.6 Å². The van der Waals surface area contributed by atoms with E-state index in [2.05, 4.69) is 25.7 Å². The van der Waals surface area contributed by atoms with Crippen molar-refractivity contribution >= 4 is 23.2 Å². The molecule has 2 aromatic carbocycles. The van der Waals surface area contributed by atoms with Gasteiger partial charge in [0.2, 0.25) is 5.95 Å². The Bertz CT molecular complexity index is 1420. The summed E-state index contributed by atoms with van der Waals surface area (Å²) in [5.41, 5.74) is 2.93. The summed E-state index contributed by atoms with van der Waals surface area (Å²) in [4.78, 5) is 32.9. The van der Waals surface area contributed by atoms with Gasteiger partial charge >= 0.3 is 0 Å². The largest absolute Gasteiger partial charge is 0.328 e. The van der Waals surface area contributed by atoms with Crippen molar-refractivity contribution in [3.63, 3.8) is 0 Å². The number of para-hydroxylation sites is 1. The van der Waals surface area contributed by atoms with Crippen molar-refractivity contribution in [3.05, 3.63) is 106 Å². The van der Waals surface area contributed by atoms with Crippen LogP contribution in [0.1, 0.15) is 18.5 Å². The molecule has 2 N–H and O–H groups in total. The summed E-state index contributed by atoms with van der Waals surface area (Å²) in [6.07, 6.45) is 3.33. The van der Waals surface area contributed by atoms with Crippen molar-refractivity contribution in [1.29, 1.82) is 0 Å². The van der Waals surface area contributed by atoms with E-state index >= 15 is 0 Å². The first-order valence-electron chi connectivity index (χ1n) is 10.5. The zero-order valence-electron chi connectivity index (χ0n) is 18.0. The number of carbonyl (C=O) groups excluding carboxylic acids is 1. The maximum Gasteiger partial charge on any atom is 0.270 e. The number of nitrogens with one attached hydrogen (secondary N) is 2. The van der Waals surface area contributed by atoms with Crippen molar-refractivity contribution < 1.29 is 9.72 Å². The van der Waals surface area contributed by atoms with E-state index in [0.717, 1.165) is 5.56 Å². The first-order chi connectivity index (χ1) is 16.5. The molecule has 2 aromatic heterocycles. The number of nitro benzene ring substituents is 1. The Hall–Kier alpha value is -4.86. The molecule has 0 spiro atoms. The number of non-ortho nitro benzene ring substituents is 1. The van der Waals surface area contributed by atoms with E-state index in [1.807, 2.05) is 36.4 Å². The number of hydrogen-bond acceptors (Lipinski definition) is 7. The highest BCUT2D eigenvalue weighted by molar-refractivity contribution is 6.06. The summed E-state index contributed by atoms with van der Waals surface area (Å²) < 4.78 is 1.61. The molecule has 4 aromatic rings. The average molecular weight is 453 g/mol. The van der Waals surface area contributed by atoms with Gasteiger partial charge in [0.1, 0.15) is 6.04 Å². The molecule has 0 bridgehead atoms. The van der Waals surface area contributed by atoms with E-state index in [4.69, 9.17) is 0 Å². The number of amides is 1. The Morgan fingerprint density at radius 1 is 1.12 bits per heavy atom. The molecule has 1 unspecified atom stereocenters. The maximum absolute atomic E-state index is 13.4. The van der Waals surface area contributed by atoms with E-state index in [1.54, 1.807) is 42.2 Å². The second-order valence-electron chi connectivity index (χ2n) is 7.68. The normalized spacial score (nSPS) is 14.8. The van der Waals surface area contributed by atoms with Crippen LogP contribution in [-0.2, 0) is 4.79 Å². The van der Waals surface area contributed by atoms with Crippen LogP contribution >= 0.6 is 0 Å². The molecule has 3 heterocycles. The van der Waals surface area contributed by atoms with Gasteiger partial charge in [-0.1, -0.05) is 36.4 Å². The number of benzene rings is 2. The van der Waals surface area contributed by atoms with Crippen molar-refractivity contribution in [2.75, 3.05) is 10.6 Å². The van der Waals surface area contributed by atoms with E-state index in [0.29, 0.717) is 34.3 Å². The van der Waals surface area contributed by atoms with Gasteiger partial charge in [0.15, 0.2) is 5.82 Å². The number of nitro groups is 1. The Balaban J connectivity index is 1.59. The third kappa shape index (κ3) is 3.88. The second kappa shape index (κ2) is 8.58. The van der Waals surface area contributed by atoms with Crippen molar-refractivity contribution in [2.45, 2.75) is 13.0 Å². The van der Waals surface area contributed by atoms with E-state index < -0.39 is 11.0 Å². The molecule has 0 fully saturated rings. The number of nitrogens with zero attached hydrogens (tertiary/aromatic N) is 5. The standard InChI is InChI=1S/C24H19N7O3/c1-15-20(23(32)27-18-9-3-2-4-10-18)21(17-8-6-12-25-14-17)30-24(26-15)28-22(29-30)16-7-5-11-19(13-16)31(33)34/h2-14,21H,1H3,(H,27,32)(H,26,28,29). The van der Waals surface area contributed by atoms with E-state index in [1.165, 1.54) is 12.1 Å². The zero-order chi connectivity index (χ0) is 23.7. The van der Waals surface area contributed by atoms with Gasteiger partial charge in [-0.15, -0.1) is 5.10 Å². The molecule has 5 rings (SSSR count). The van der Waals surface area contributed by atoms with Crippen LogP contribution in [0.25, 0.3) is 11.4 Å². The lowest BCUT2D eigenvalue weighted by molar-refractivity contribution is -0.384. The average Bonchev–Trinajstić information content (AvgIpc) is 3.28. The van der Waals surface area contributed by atoms with Gasteiger partial charge in [-0.2, -0.15) is 4.98 Å². The topological polar surface area (TPSA) is 128 Å². The Kier molecular flexibility index (Phi) is 5.30. The third-order valence-corrected chi connectivity index (χ3v) is 5.44. The summed E-state index contributed by atoms with van der Waals surface area (Å²) in [5.74, 6) is 0.435. The Morgan fingerprint density at radius 3 is 2.68 bits per heavy atom. The molecule has 34 heavy (non-hydrogen) atoms. The number of allylic oxidation sites excluding steroid dienone is 1. The van der Waals surface area contributed by atoms with Crippen molar-refractivity contribution in [3.8, 4) is 11.4 Å². The molecule has 1 aliphatic rings. The highest BCUT2D eigenvalue weighted by Crippen LogP contribution is 2.36. The smallest absolute Gasteiger partial charge is 0.270 e. The number of pyridine rings is 1. The van der Waals surface area contributed by atoms with E-state index in [9.17, 15) is 14.9 Å². The minimum absolute atomic E-state index is 0.0562. The highest BCUT2D eigenvalue weighted by Gasteiger charge is 2.34. The fourth-order valence-corrected chi connectivity index (χ4v) is 3.89. The maximum atomic E-state index is 13.4. The number of rotatable bonds is 5. The second-order valence-corrected chi connectivity index (χ2v) is 7.68. The lowest BCUT2D eigenvalue weighted by Crippen LogP contribution is -2.31. The number of fused-ring (bicyclic) bond motifs is 1. The van der Waals surface area contributed by atoms with Gasteiger partial charge in [0.05, 0.1) is 10.5 Å². The predicted octanol–water partition coefficient (Wildman–Crippen LogP) is 4.18. The summed E-state index contributed by atoms with van der Waals surface area (Å²) in [7, 11) is 0. The molecule has 0 radical (unpaired) electrons. The van der Waals surface area contributed by atoms with Crippen LogP contribution in [0.5, 0.6) is 0 Å². The highest BCUT2D eigenvalue weighted by atomic mass is 16.6. The van der Waals surface area contributed by atoms with Gasteiger partial charge in [-0.3, -0.25) is 19.9 Å². The lowest BCUT2D eigenvalue weighted by atomic mass is 9.96. The van der Waals surface area contributed by atoms with Crippen LogP contribution in [0.3, 0.4) is 0 Å². The number of carbonyl (C=O) groups is 1. The summed E-state index contributed by atoms with van der Waals surface area (Å²) in [6, 6.07) is 18.4.